The number of benzene rings is 1. The number of nitrogens with zero attached hydrogens (tertiary/aromatic N) is 2. The number of carboxylic acid groups (broad SMARTS) is 1. The molecule has 0 bridgehead atoms. The van der Waals surface area contributed by atoms with Crippen LogP contribution in [0.3, 0.4) is 0 Å². The molecule has 1 aromatic rings. The van der Waals surface area contributed by atoms with E-state index in [4.69, 9.17) is 10.8 Å². The van der Waals surface area contributed by atoms with Gasteiger partial charge in [-0.1, -0.05) is 30.3 Å². The predicted molar refractivity (Wildman–Crippen MR) is 73.9 cm³/mol. The van der Waals surface area contributed by atoms with Crippen LogP contribution in [-0.4, -0.2) is 60.1 Å². The molecule has 0 saturated carbocycles. The van der Waals surface area contributed by atoms with Crippen LogP contribution >= 0.6 is 0 Å². The maximum Gasteiger partial charge on any atom is 0.321 e. The first kappa shape index (κ1) is 14.0. The molecule has 19 heavy (non-hydrogen) atoms. The molecular weight excluding hydrogens is 242 g/mol. The Bertz CT molecular complexity index is 424. The maximum atomic E-state index is 10.9. The van der Waals surface area contributed by atoms with E-state index in [9.17, 15) is 4.79 Å². The summed E-state index contributed by atoms with van der Waals surface area (Å²) in [5.74, 6) is -0.939. The van der Waals surface area contributed by atoms with Crippen molar-refractivity contribution in [2.24, 2.45) is 5.73 Å². The molecule has 1 aliphatic rings. The van der Waals surface area contributed by atoms with Crippen molar-refractivity contribution in [3.8, 4) is 0 Å². The minimum Gasteiger partial charge on any atom is -0.480 e. The first-order valence-electron chi connectivity index (χ1n) is 6.54. The third-order valence-electron chi connectivity index (χ3n) is 3.63. The molecule has 1 fully saturated rings. The van der Waals surface area contributed by atoms with Crippen LogP contribution in [-0.2, 0) is 4.79 Å². The fourth-order valence-corrected chi connectivity index (χ4v) is 2.50. The summed E-state index contributed by atoms with van der Waals surface area (Å²) >= 11 is 0. The van der Waals surface area contributed by atoms with Crippen molar-refractivity contribution in [2.45, 2.75) is 12.1 Å². The first-order valence-corrected chi connectivity index (χ1v) is 6.54. The summed E-state index contributed by atoms with van der Waals surface area (Å²) in [6.45, 7) is 3.08. The van der Waals surface area contributed by atoms with Crippen LogP contribution in [0.2, 0.25) is 0 Å². The van der Waals surface area contributed by atoms with Gasteiger partial charge in [0.15, 0.2) is 0 Å². The van der Waals surface area contributed by atoms with Crippen molar-refractivity contribution in [3.63, 3.8) is 0 Å². The molecular formula is C14H21N3O2. The number of likely N-dealkylation sites (N-methyl/N-ethyl adjacent to an activating group) is 1. The number of nitrogens with two attached hydrogens (primary N) is 1. The monoisotopic (exact) mass is 263 g/mol. The van der Waals surface area contributed by atoms with Crippen LogP contribution in [0.4, 0.5) is 0 Å². The lowest BCUT2D eigenvalue weighted by Crippen LogP contribution is -2.52. The summed E-state index contributed by atoms with van der Waals surface area (Å²) in [5, 5.41) is 8.96. The van der Waals surface area contributed by atoms with Crippen molar-refractivity contribution in [2.75, 3.05) is 33.2 Å². The van der Waals surface area contributed by atoms with Gasteiger partial charge in [0.1, 0.15) is 6.04 Å². The van der Waals surface area contributed by atoms with E-state index in [-0.39, 0.29) is 6.04 Å². The Morgan fingerprint density at radius 2 is 2.11 bits per heavy atom. The van der Waals surface area contributed by atoms with Crippen LogP contribution in [0, 0.1) is 0 Å². The summed E-state index contributed by atoms with van der Waals surface area (Å²) in [4.78, 5) is 15.4. The van der Waals surface area contributed by atoms with Gasteiger partial charge in [0, 0.05) is 32.2 Å². The molecule has 0 radical (unpaired) electrons. The van der Waals surface area contributed by atoms with Gasteiger partial charge >= 0.3 is 5.97 Å². The van der Waals surface area contributed by atoms with Crippen LogP contribution in [0.25, 0.3) is 0 Å². The number of hydrogen-bond donors (Lipinski definition) is 2. The number of carbonyl (C=O) groups is 1. The molecule has 0 spiro atoms. The molecule has 1 aliphatic heterocycles. The smallest absolute Gasteiger partial charge is 0.321 e. The number of aliphatic carboxylic acids is 1. The van der Waals surface area contributed by atoms with Crippen molar-refractivity contribution >= 4 is 5.97 Å². The lowest BCUT2D eigenvalue weighted by atomic mass is 10.0. The van der Waals surface area contributed by atoms with Gasteiger partial charge in [-0.3, -0.25) is 9.69 Å². The second-order valence-corrected chi connectivity index (χ2v) is 5.13. The molecule has 104 valence electrons. The van der Waals surface area contributed by atoms with E-state index in [1.54, 1.807) is 0 Å². The van der Waals surface area contributed by atoms with Gasteiger partial charge in [-0.15, -0.1) is 0 Å². The summed E-state index contributed by atoms with van der Waals surface area (Å²) in [6.07, 6.45) is 0. The van der Waals surface area contributed by atoms with Crippen molar-refractivity contribution < 1.29 is 9.90 Å². The van der Waals surface area contributed by atoms with Crippen LogP contribution in [0.15, 0.2) is 30.3 Å². The highest BCUT2D eigenvalue weighted by molar-refractivity contribution is 5.73. The predicted octanol–water partition coefficient (Wildman–Crippen LogP) is 0.387. The number of carboxylic acids is 1. The second kappa shape index (κ2) is 6.14. The fourth-order valence-electron chi connectivity index (χ4n) is 2.50. The quantitative estimate of drug-likeness (QED) is 0.822. The Morgan fingerprint density at radius 1 is 1.42 bits per heavy atom. The number of rotatable bonds is 4. The normalized spacial score (nSPS) is 23.2. The van der Waals surface area contributed by atoms with E-state index >= 15 is 0 Å². The van der Waals surface area contributed by atoms with Gasteiger partial charge in [-0.2, -0.15) is 0 Å². The lowest BCUT2D eigenvalue weighted by Gasteiger charge is -2.40. The van der Waals surface area contributed by atoms with Crippen molar-refractivity contribution in [1.82, 2.24) is 9.80 Å². The van der Waals surface area contributed by atoms with Gasteiger partial charge in [-0.25, -0.2) is 0 Å². The minimum atomic E-state index is -0.939. The van der Waals surface area contributed by atoms with E-state index < -0.39 is 12.0 Å². The van der Waals surface area contributed by atoms with Crippen LogP contribution in [0.5, 0.6) is 0 Å². The highest BCUT2D eigenvalue weighted by atomic mass is 16.4. The third-order valence-corrected chi connectivity index (χ3v) is 3.63. The zero-order valence-electron chi connectivity index (χ0n) is 11.2. The van der Waals surface area contributed by atoms with E-state index in [1.165, 1.54) is 5.56 Å². The van der Waals surface area contributed by atoms with Gasteiger partial charge in [0.2, 0.25) is 0 Å². The molecule has 3 N–H and O–H groups in total. The number of hydrogen-bond acceptors (Lipinski definition) is 4. The van der Waals surface area contributed by atoms with Gasteiger partial charge in [0.05, 0.1) is 0 Å². The zero-order valence-corrected chi connectivity index (χ0v) is 11.2. The Hall–Kier alpha value is -1.43. The molecule has 1 saturated heterocycles. The average Bonchev–Trinajstić information content (AvgIpc) is 2.41. The zero-order chi connectivity index (χ0) is 13.8. The van der Waals surface area contributed by atoms with E-state index in [0.29, 0.717) is 6.54 Å². The molecule has 2 atom stereocenters. The van der Waals surface area contributed by atoms with Crippen LogP contribution < -0.4 is 5.73 Å². The Morgan fingerprint density at radius 3 is 2.74 bits per heavy atom. The largest absolute Gasteiger partial charge is 0.480 e. The van der Waals surface area contributed by atoms with Gasteiger partial charge < -0.3 is 15.7 Å². The minimum absolute atomic E-state index is 0.213. The Labute approximate surface area is 113 Å². The summed E-state index contributed by atoms with van der Waals surface area (Å²) in [6, 6.07) is 9.58. The number of piperazine rings is 1. The van der Waals surface area contributed by atoms with Gasteiger partial charge in [0.25, 0.3) is 0 Å². The highest BCUT2D eigenvalue weighted by Gasteiger charge is 2.29. The summed E-state index contributed by atoms with van der Waals surface area (Å²) in [7, 11) is 2.09. The van der Waals surface area contributed by atoms with E-state index in [1.807, 2.05) is 18.2 Å². The lowest BCUT2D eigenvalue weighted by molar-refractivity contribution is -0.139. The first-order chi connectivity index (χ1) is 9.08. The van der Waals surface area contributed by atoms with Crippen molar-refractivity contribution in [1.29, 1.82) is 0 Å². The molecule has 5 nitrogen and oxygen atoms in total. The Balaban J connectivity index is 2.13. The SMILES string of the molecule is CN1CCN(CC(N)C(=O)O)C(c2ccccc2)C1. The van der Waals surface area contributed by atoms with Crippen LogP contribution in [0.1, 0.15) is 11.6 Å². The average molecular weight is 263 g/mol. The maximum absolute atomic E-state index is 10.9. The van der Waals surface area contributed by atoms with Gasteiger partial charge in [-0.05, 0) is 12.6 Å². The molecule has 2 rings (SSSR count). The topological polar surface area (TPSA) is 69.8 Å². The third kappa shape index (κ3) is 3.53. The standard InChI is InChI=1S/C14H21N3O2/c1-16-7-8-17(9-12(15)14(18)19)13(10-16)11-5-3-2-4-6-11/h2-6,12-13H,7-10,15H2,1H3,(H,18,19). The molecule has 0 aliphatic carbocycles. The van der Waals surface area contributed by atoms with Crippen molar-refractivity contribution in [3.05, 3.63) is 35.9 Å². The summed E-state index contributed by atoms with van der Waals surface area (Å²) < 4.78 is 0. The molecule has 5 heteroatoms. The highest BCUT2D eigenvalue weighted by Crippen LogP contribution is 2.24. The molecule has 1 aromatic carbocycles. The molecule has 0 amide bonds. The molecule has 2 unspecified atom stereocenters. The second-order valence-electron chi connectivity index (χ2n) is 5.13. The molecule has 1 heterocycles. The molecule has 0 aromatic heterocycles. The van der Waals surface area contributed by atoms with E-state index in [2.05, 4.69) is 29.0 Å². The fraction of sp³-hybridized carbons (Fsp3) is 0.500. The summed E-state index contributed by atoms with van der Waals surface area (Å²) in [5.41, 5.74) is 6.88. The van der Waals surface area contributed by atoms with E-state index in [0.717, 1.165) is 19.6 Å². The Kier molecular flexibility index (Phi) is 4.52.